The van der Waals surface area contributed by atoms with Crippen molar-refractivity contribution in [2.45, 2.75) is 22.3 Å². The highest BCUT2D eigenvalue weighted by Gasteiger charge is 2.41. The van der Waals surface area contributed by atoms with Gasteiger partial charge in [0.05, 0.1) is 9.79 Å². The van der Waals surface area contributed by atoms with E-state index >= 15 is 0 Å². The van der Waals surface area contributed by atoms with Crippen LogP contribution in [-0.4, -0.2) is 77.1 Å². The Hall–Kier alpha value is -2.85. The Morgan fingerprint density at radius 2 is 1.18 bits per heavy atom. The van der Waals surface area contributed by atoms with E-state index in [1.165, 1.54) is 73.0 Å². The summed E-state index contributed by atoms with van der Waals surface area (Å²) in [6.07, 6.45) is 0.359. The molecule has 0 aromatic heterocycles. The van der Waals surface area contributed by atoms with Gasteiger partial charge in [-0.15, -0.1) is 0 Å². The zero-order valence-corrected chi connectivity index (χ0v) is 26.2. The number of nitrogens with zero attached hydrogens (tertiary/aromatic N) is 6. The van der Waals surface area contributed by atoms with Crippen molar-refractivity contribution in [3.05, 3.63) is 75.0 Å². The standard InChI is InChI=1S/C11H17N3O5SSi.C9H13N3O5SSi/c1-17-21(18-2,19-3)9-8-10-6-4-5-7-11(10)20(15,16)14-13-12;1-15-19(16-2,17-3)9-6-4-8(5-7-9)18(13,14)12-11-10/h4-7H,8-9H2,1-3H3;4-7H,1-3H3. The zero-order valence-electron chi connectivity index (χ0n) is 22.6. The molecule has 0 aliphatic carbocycles. The van der Waals surface area contributed by atoms with Gasteiger partial charge < -0.3 is 26.6 Å². The molecule has 2 rings (SSSR count). The normalized spacial score (nSPS) is 11.9. The van der Waals surface area contributed by atoms with Gasteiger partial charge in [-0.2, -0.15) is 0 Å². The van der Waals surface area contributed by atoms with Crippen LogP contribution in [0.3, 0.4) is 0 Å². The van der Waals surface area contributed by atoms with Gasteiger partial charge in [0.25, 0.3) is 20.0 Å². The summed E-state index contributed by atoms with van der Waals surface area (Å²) in [5, 5.41) is 0.597. The molecule has 16 nitrogen and oxygen atoms in total. The van der Waals surface area contributed by atoms with E-state index in [9.17, 15) is 16.8 Å². The molecule has 0 saturated heterocycles. The first-order valence-corrected chi connectivity index (χ1v) is 17.6. The SMILES string of the molecule is CO[Si](CCc1ccccc1S(=O)(=O)N=[N+]=[N-])(OC)OC.CO[Si](OC)(OC)c1ccc(S(=O)(=O)N=[N+]=[N-])cc1. The van der Waals surface area contributed by atoms with Gasteiger partial charge in [0, 0.05) is 72.8 Å². The summed E-state index contributed by atoms with van der Waals surface area (Å²) in [7, 11) is -5.00. The van der Waals surface area contributed by atoms with Crippen LogP contribution in [-0.2, 0) is 53.0 Å². The average molecular weight is 635 g/mol. The van der Waals surface area contributed by atoms with E-state index in [1.807, 2.05) is 0 Å². The van der Waals surface area contributed by atoms with Gasteiger partial charge >= 0.3 is 17.6 Å². The lowest BCUT2D eigenvalue weighted by Gasteiger charge is -2.24. The number of sulfonamides is 2. The number of benzene rings is 2. The zero-order chi connectivity index (χ0) is 30.5. The van der Waals surface area contributed by atoms with Gasteiger partial charge in [-0.3, -0.25) is 0 Å². The summed E-state index contributed by atoms with van der Waals surface area (Å²) in [6.45, 7) is 0. The van der Waals surface area contributed by atoms with E-state index in [2.05, 4.69) is 18.9 Å². The molecule has 40 heavy (non-hydrogen) atoms. The van der Waals surface area contributed by atoms with Crippen molar-refractivity contribution in [1.82, 2.24) is 0 Å². The maximum atomic E-state index is 11.9. The Balaban J connectivity index is 0.000000402. The highest BCUT2D eigenvalue weighted by molar-refractivity contribution is 7.90. The van der Waals surface area contributed by atoms with Crippen molar-refractivity contribution in [3.63, 3.8) is 0 Å². The minimum absolute atomic E-state index is 0.0194. The first kappa shape index (κ1) is 35.2. The fraction of sp³-hybridized carbons (Fsp3) is 0.400. The van der Waals surface area contributed by atoms with Crippen LogP contribution in [0.25, 0.3) is 20.9 Å². The molecule has 0 radical (unpaired) electrons. The molecule has 2 aromatic carbocycles. The molecule has 0 saturated carbocycles. The molecule has 2 aromatic rings. The number of rotatable bonds is 14. The van der Waals surface area contributed by atoms with E-state index < -0.39 is 37.7 Å². The maximum absolute atomic E-state index is 11.9. The number of azide groups is 2. The molecule has 0 heterocycles. The average Bonchev–Trinajstić information content (AvgIpc) is 2.96. The second-order valence-electron chi connectivity index (χ2n) is 7.39. The van der Waals surface area contributed by atoms with E-state index in [0.29, 0.717) is 23.2 Å². The summed E-state index contributed by atoms with van der Waals surface area (Å²) < 4.78 is 84.0. The summed E-state index contributed by atoms with van der Waals surface area (Å²) in [5.74, 6) is 0. The van der Waals surface area contributed by atoms with Gasteiger partial charge in [-0.1, -0.05) is 30.3 Å². The molecule has 0 atom stereocenters. The van der Waals surface area contributed by atoms with Crippen LogP contribution < -0.4 is 5.19 Å². The predicted octanol–water partition coefficient (Wildman–Crippen LogP) is 2.88. The molecule has 0 amide bonds. The first-order valence-electron chi connectivity index (χ1n) is 11.0. The molecule has 0 N–H and O–H groups in total. The van der Waals surface area contributed by atoms with Crippen molar-refractivity contribution in [3.8, 4) is 0 Å². The highest BCUT2D eigenvalue weighted by Crippen LogP contribution is 2.23. The minimum Gasteiger partial charge on any atom is -0.377 e. The molecule has 0 fully saturated rings. The number of hydrogen-bond donors (Lipinski definition) is 0. The molecule has 20 heteroatoms. The highest BCUT2D eigenvalue weighted by atomic mass is 32.2. The monoisotopic (exact) mass is 634 g/mol. The maximum Gasteiger partial charge on any atom is 0.536 e. The van der Waals surface area contributed by atoms with Crippen LogP contribution in [0.1, 0.15) is 5.56 Å². The van der Waals surface area contributed by atoms with Gasteiger partial charge in [0.15, 0.2) is 0 Å². The van der Waals surface area contributed by atoms with Crippen LogP contribution in [0, 0.1) is 0 Å². The number of aryl methyl sites for hydroxylation is 1. The first-order chi connectivity index (χ1) is 18.9. The lowest BCUT2D eigenvalue weighted by atomic mass is 10.2. The molecular weight excluding hydrogens is 605 g/mol. The molecule has 0 bridgehead atoms. The minimum atomic E-state index is -4.03. The van der Waals surface area contributed by atoms with Gasteiger partial charge in [0.1, 0.15) is 0 Å². The number of hydrogen-bond acceptors (Lipinski definition) is 10. The smallest absolute Gasteiger partial charge is 0.377 e. The Morgan fingerprint density at radius 3 is 1.62 bits per heavy atom. The molecule has 0 unspecified atom stereocenters. The lowest BCUT2D eigenvalue weighted by Crippen LogP contribution is -2.54. The van der Waals surface area contributed by atoms with Gasteiger partial charge in [0.2, 0.25) is 0 Å². The lowest BCUT2D eigenvalue weighted by molar-refractivity contribution is 0.123. The Kier molecular flexibility index (Phi) is 13.9. The third-order valence-electron chi connectivity index (χ3n) is 5.48. The van der Waals surface area contributed by atoms with Crippen molar-refractivity contribution >= 4 is 42.8 Å². The third kappa shape index (κ3) is 8.83. The van der Waals surface area contributed by atoms with E-state index in [0.717, 1.165) is 0 Å². The fourth-order valence-electron chi connectivity index (χ4n) is 3.43. The van der Waals surface area contributed by atoms with Crippen LogP contribution in [0.5, 0.6) is 0 Å². The van der Waals surface area contributed by atoms with E-state index in [1.54, 1.807) is 18.2 Å². The van der Waals surface area contributed by atoms with Gasteiger partial charge in [-0.05, 0) is 41.2 Å². The summed E-state index contributed by atoms with van der Waals surface area (Å²) >= 11 is 0. The van der Waals surface area contributed by atoms with E-state index in [-0.39, 0.29) is 9.79 Å². The largest absolute Gasteiger partial charge is 0.536 e. The van der Waals surface area contributed by atoms with Crippen molar-refractivity contribution < 1.29 is 43.4 Å². The van der Waals surface area contributed by atoms with E-state index in [4.69, 9.17) is 37.6 Å². The predicted molar refractivity (Wildman–Crippen MR) is 147 cm³/mol. The van der Waals surface area contributed by atoms with Crippen LogP contribution >= 0.6 is 0 Å². The van der Waals surface area contributed by atoms with Crippen LogP contribution in [0.15, 0.2) is 67.4 Å². The molecule has 0 aliphatic heterocycles. The van der Waals surface area contributed by atoms with Gasteiger partial charge in [-0.25, -0.2) is 16.8 Å². The molecule has 0 aliphatic rings. The Labute approximate surface area is 234 Å². The van der Waals surface area contributed by atoms with Crippen molar-refractivity contribution in [1.29, 1.82) is 0 Å². The summed E-state index contributed by atoms with van der Waals surface area (Å²) in [6, 6.07) is 12.3. The summed E-state index contributed by atoms with van der Waals surface area (Å²) in [5.41, 5.74) is 17.1. The quantitative estimate of drug-likeness (QED) is 0.128. The molecule has 220 valence electrons. The Bertz CT molecular complexity index is 1410. The second kappa shape index (κ2) is 15.8. The topological polar surface area (TPSA) is 221 Å². The molecular formula is C20H30N6O10S2Si2. The van der Waals surface area contributed by atoms with Crippen molar-refractivity contribution in [2.75, 3.05) is 42.7 Å². The molecule has 0 spiro atoms. The van der Waals surface area contributed by atoms with Crippen LogP contribution in [0.2, 0.25) is 6.04 Å². The summed E-state index contributed by atoms with van der Waals surface area (Å²) in [4.78, 5) is 4.50. The fourth-order valence-corrected chi connectivity index (χ4v) is 8.50. The van der Waals surface area contributed by atoms with Crippen LogP contribution in [0.4, 0.5) is 0 Å². The second-order valence-corrected chi connectivity index (χ2v) is 16.5. The third-order valence-corrected chi connectivity index (χ3v) is 13.3. The van der Waals surface area contributed by atoms with Crippen molar-refractivity contribution in [2.24, 2.45) is 9.04 Å². The Morgan fingerprint density at radius 1 is 0.700 bits per heavy atom.